The fraction of sp³-hybridized carbons (Fsp3) is 0.739. The molecule has 0 unspecified atom stereocenters. The molecule has 0 aliphatic heterocycles. The van der Waals surface area contributed by atoms with Crippen molar-refractivity contribution in [3.63, 3.8) is 0 Å². The lowest BCUT2D eigenvalue weighted by Gasteiger charge is -2.08. The highest BCUT2D eigenvalue weighted by molar-refractivity contribution is 5.25. The van der Waals surface area contributed by atoms with E-state index in [-0.39, 0.29) is 0 Å². The zero-order valence-corrected chi connectivity index (χ0v) is 16.7. The van der Waals surface area contributed by atoms with Crippen molar-refractivity contribution in [1.29, 1.82) is 0 Å². The lowest BCUT2D eigenvalue weighted by molar-refractivity contribution is 0.389. The Balaban J connectivity index is 1.79. The van der Waals surface area contributed by atoms with Crippen molar-refractivity contribution in [1.82, 2.24) is 4.90 Å². The van der Waals surface area contributed by atoms with Gasteiger partial charge in [-0.3, -0.25) is 0 Å². The molecule has 1 nitrogen and oxygen atoms in total. The first-order valence-electron chi connectivity index (χ1n) is 10.4. The molecule has 0 N–H and O–H groups in total. The highest BCUT2D eigenvalue weighted by atomic mass is 15.0. The van der Waals surface area contributed by atoms with E-state index in [1.807, 2.05) is 0 Å². The summed E-state index contributed by atoms with van der Waals surface area (Å²) < 4.78 is 0. The van der Waals surface area contributed by atoms with Crippen molar-refractivity contribution in [3.05, 3.63) is 35.4 Å². The third kappa shape index (κ3) is 11.7. The SMILES string of the molecule is Cc1ccccc1CCCCCCCCCCCCCCN(C)C. The van der Waals surface area contributed by atoms with Gasteiger partial charge in [-0.2, -0.15) is 0 Å². The van der Waals surface area contributed by atoms with Gasteiger partial charge in [-0.25, -0.2) is 0 Å². The molecule has 0 heterocycles. The highest BCUT2D eigenvalue weighted by Crippen LogP contribution is 2.14. The van der Waals surface area contributed by atoms with Crippen molar-refractivity contribution < 1.29 is 0 Å². The van der Waals surface area contributed by atoms with Crippen LogP contribution in [0, 0.1) is 6.92 Å². The summed E-state index contributed by atoms with van der Waals surface area (Å²) in [6.07, 6.45) is 18.4. The van der Waals surface area contributed by atoms with E-state index in [0.29, 0.717) is 0 Å². The zero-order chi connectivity index (χ0) is 17.5. The van der Waals surface area contributed by atoms with E-state index in [1.54, 1.807) is 5.56 Å². The molecule has 0 saturated carbocycles. The van der Waals surface area contributed by atoms with E-state index < -0.39 is 0 Å². The Morgan fingerprint density at radius 1 is 0.625 bits per heavy atom. The maximum absolute atomic E-state index is 2.29. The second kappa shape index (κ2) is 14.5. The summed E-state index contributed by atoms with van der Waals surface area (Å²) in [5.41, 5.74) is 3.00. The second-order valence-corrected chi connectivity index (χ2v) is 7.72. The number of aryl methyl sites for hydroxylation is 2. The molecular formula is C23H41N. The third-order valence-electron chi connectivity index (χ3n) is 5.06. The van der Waals surface area contributed by atoms with Crippen LogP contribution < -0.4 is 0 Å². The van der Waals surface area contributed by atoms with Crippen molar-refractivity contribution in [3.8, 4) is 0 Å². The molecule has 1 heteroatoms. The van der Waals surface area contributed by atoms with Gasteiger partial charge in [-0.05, 0) is 58.0 Å². The van der Waals surface area contributed by atoms with Crippen LogP contribution in [0.5, 0.6) is 0 Å². The zero-order valence-electron chi connectivity index (χ0n) is 16.7. The minimum Gasteiger partial charge on any atom is -0.309 e. The van der Waals surface area contributed by atoms with Gasteiger partial charge in [0.05, 0.1) is 0 Å². The number of hydrogen-bond donors (Lipinski definition) is 0. The summed E-state index contributed by atoms with van der Waals surface area (Å²) in [5.74, 6) is 0. The van der Waals surface area contributed by atoms with Gasteiger partial charge in [0.2, 0.25) is 0 Å². The summed E-state index contributed by atoms with van der Waals surface area (Å²) in [4.78, 5) is 2.29. The van der Waals surface area contributed by atoms with Crippen molar-refractivity contribution >= 4 is 0 Å². The summed E-state index contributed by atoms with van der Waals surface area (Å²) in [6.45, 7) is 3.49. The van der Waals surface area contributed by atoms with E-state index in [2.05, 4.69) is 50.2 Å². The predicted molar refractivity (Wildman–Crippen MR) is 109 cm³/mol. The first-order valence-corrected chi connectivity index (χ1v) is 10.4. The van der Waals surface area contributed by atoms with Gasteiger partial charge in [0, 0.05) is 0 Å². The summed E-state index contributed by atoms with van der Waals surface area (Å²) in [5, 5.41) is 0. The smallest absolute Gasteiger partial charge is 0.00248 e. The summed E-state index contributed by atoms with van der Waals surface area (Å²) >= 11 is 0. The minimum atomic E-state index is 1.25. The molecule has 0 atom stereocenters. The number of nitrogens with zero attached hydrogens (tertiary/aromatic N) is 1. The van der Waals surface area contributed by atoms with Gasteiger partial charge >= 0.3 is 0 Å². The van der Waals surface area contributed by atoms with Crippen LogP contribution in [0.25, 0.3) is 0 Å². The minimum absolute atomic E-state index is 1.25. The molecule has 138 valence electrons. The van der Waals surface area contributed by atoms with Crippen molar-refractivity contribution in [2.75, 3.05) is 20.6 Å². The van der Waals surface area contributed by atoms with Crippen LogP contribution in [0.15, 0.2) is 24.3 Å². The van der Waals surface area contributed by atoms with Gasteiger partial charge < -0.3 is 4.90 Å². The van der Waals surface area contributed by atoms with Gasteiger partial charge in [0.1, 0.15) is 0 Å². The standard InChI is InChI=1S/C23H41N/c1-22-18-15-16-20-23(22)19-14-12-10-8-6-4-5-7-9-11-13-17-21-24(2)3/h15-16,18,20H,4-14,17,19,21H2,1-3H3. The normalized spacial score (nSPS) is 11.3. The van der Waals surface area contributed by atoms with E-state index in [1.165, 1.54) is 95.6 Å². The fourth-order valence-electron chi connectivity index (χ4n) is 3.40. The Labute approximate surface area is 151 Å². The average Bonchev–Trinajstić information content (AvgIpc) is 2.56. The van der Waals surface area contributed by atoms with Crippen LogP contribution in [-0.4, -0.2) is 25.5 Å². The maximum Gasteiger partial charge on any atom is -0.00248 e. The maximum atomic E-state index is 2.29. The lowest BCUT2D eigenvalue weighted by atomic mass is 10.0. The van der Waals surface area contributed by atoms with Crippen molar-refractivity contribution in [2.45, 2.75) is 90.4 Å². The average molecular weight is 332 g/mol. The van der Waals surface area contributed by atoms with Crippen LogP contribution in [0.2, 0.25) is 0 Å². The van der Waals surface area contributed by atoms with Crippen LogP contribution >= 0.6 is 0 Å². The number of rotatable bonds is 15. The predicted octanol–water partition coefficient (Wildman–Crippen LogP) is 6.78. The molecule has 24 heavy (non-hydrogen) atoms. The fourth-order valence-corrected chi connectivity index (χ4v) is 3.40. The number of benzene rings is 1. The topological polar surface area (TPSA) is 3.24 Å². The van der Waals surface area contributed by atoms with Gasteiger partial charge in [0.15, 0.2) is 0 Å². The molecule has 0 radical (unpaired) electrons. The second-order valence-electron chi connectivity index (χ2n) is 7.72. The van der Waals surface area contributed by atoms with Gasteiger partial charge in [-0.1, -0.05) is 88.5 Å². The van der Waals surface area contributed by atoms with Crippen LogP contribution in [0.3, 0.4) is 0 Å². The van der Waals surface area contributed by atoms with Crippen LogP contribution in [0.1, 0.15) is 88.2 Å². The molecule has 0 fully saturated rings. The lowest BCUT2D eigenvalue weighted by Crippen LogP contribution is -2.12. The largest absolute Gasteiger partial charge is 0.309 e. The molecule has 0 amide bonds. The molecule has 0 aliphatic rings. The summed E-state index contributed by atoms with van der Waals surface area (Å²) in [6, 6.07) is 8.83. The Bertz CT molecular complexity index is 397. The first kappa shape index (κ1) is 21.2. The van der Waals surface area contributed by atoms with E-state index in [0.717, 1.165) is 0 Å². The highest BCUT2D eigenvalue weighted by Gasteiger charge is 1.98. The summed E-state index contributed by atoms with van der Waals surface area (Å²) in [7, 11) is 4.34. The van der Waals surface area contributed by atoms with E-state index in [9.17, 15) is 0 Å². The van der Waals surface area contributed by atoms with E-state index in [4.69, 9.17) is 0 Å². The molecule has 1 rings (SSSR count). The van der Waals surface area contributed by atoms with Gasteiger partial charge in [-0.15, -0.1) is 0 Å². The molecule has 0 aliphatic carbocycles. The number of unbranched alkanes of at least 4 members (excludes halogenated alkanes) is 11. The molecule has 0 bridgehead atoms. The van der Waals surface area contributed by atoms with E-state index >= 15 is 0 Å². The third-order valence-corrected chi connectivity index (χ3v) is 5.06. The monoisotopic (exact) mass is 331 g/mol. The van der Waals surface area contributed by atoms with Crippen LogP contribution in [0.4, 0.5) is 0 Å². The molecule has 1 aromatic rings. The molecule has 0 aromatic heterocycles. The molecule has 0 spiro atoms. The van der Waals surface area contributed by atoms with Crippen molar-refractivity contribution in [2.24, 2.45) is 0 Å². The Morgan fingerprint density at radius 3 is 1.58 bits per heavy atom. The van der Waals surface area contributed by atoms with Gasteiger partial charge in [0.25, 0.3) is 0 Å². The quantitative estimate of drug-likeness (QED) is 0.320. The van der Waals surface area contributed by atoms with Crippen LogP contribution in [-0.2, 0) is 6.42 Å². The number of hydrogen-bond acceptors (Lipinski definition) is 1. The Kier molecular flexibility index (Phi) is 12.8. The molecular weight excluding hydrogens is 290 g/mol. The first-order chi connectivity index (χ1) is 11.7. The molecule has 1 aromatic carbocycles. The molecule has 0 saturated heterocycles. The Morgan fingerprint density at radius 2 is 1.08 bits per heavy atom. The Hall–Kier alpha value is -0.820.